The molecule has 0 unspecified atom stereocenters. The summed E-state index contributed by atoms with van der Waals surface area (Å²) in [5.74, 6) is -0.390. The summed E-state index contributed by atoms with van der Waals surface area (Å²) in [6.45, 7) is -0.102. The van der Waals surface area contributed by atoms with E-state index in [1.807, 2.05) is 24.3 Å². The number of nitrogens with zero attached hydrogens (tertiary/aromatic N) is 3. The number of para-hydroxylation sites is 1. The fraction of sp³-hybridized carbons (Fsp3) is 0.176. The smallest absolute Gasteiger partial charge is 0.260 e. The van der Waals surface area contributed by atoms with Crippen LogP contribution in [0, 0.1) is 0 Å². The molecule has 0 radical (unpaired) electrons. The number of hydrogen-bond acceptors (Lipinski definition) is 4. The standard InChI is InChI=1S/C17H17N5O2/c18-17(13-6-3-4-10-19-13)21-20-15(23)11-22-14-7-2-1-5-12(14)8-9-16(22)24/h1-7,10H,8-9,11H2,(H2,18,21)(H,20,23). The van der Waals surface area contributed by atoms with Gasteiger partial charge in [-0.2, -0.15) is 5.10 Å². The molecule has 2 aromatic rings. The summed E-state index contributed by atoms with van der Waals surface area (Å²) in [4.78, 5) is 29.8. The van der Waals surface area contributed by atoms with Gasteiger partial charge in [0, 0.05) is 18.3 Å². The fourth-order valence-electron chi connectivity index (χ4n) is 2.54. The molecule has 2 amide bonds. The number of fused-ring (bicyclic) bond motifs is 1. The van der Waals surface area contributed by atoms with Gasteiger partial charge in [-0.25, -0.2) is 5.43 Å². The van der Waals surface area contributed by atoms with Crippen molar-refractivity contribution in [2.75, 3.05) is 11.4 Å². The Kier molecular flexibility index (Phi) is 4.51. The van der Waals surface area contributed by atoms with Crippen molar-refractivity contribution in [3.8, 4) is 0 Å². The first-order valence-electron chi connectivity index (χ1n) is 7.57. The first kappa shape index (κ1) is 15.7. The Morgan fingerprint density at radius 2 is 2.00 bits per heavy atom. The molecule has 3 rings (SSSR count). The van der Waals surface area contributed by atoms with Crippen molar-refractivity contribution in [1.82, 2.24) is 10.4 Å². The predicted octanol–water partition coefficient (Wildman–Crippen LogP) is 0.797. The summed E-state index contributed by atoms with van der Waals surface area (Å²) in [7, 11) is 0. The Labute approximate surface area is 139 Å². The molecule has 0 saturated carbocycles. The number of carbonyl (C=O) groups excluding carboxylic acids is 2. The molecule has 2 heterocycles. The molecule has 0 atom stereocenters. The van der Waals surface area contributed by atoms with Crippen molar-refractivity contribution < 1.29 is 9.59 Å². The second kappa shape index (κ2) is 6.91. The molecule has 1 aliphatic rings. The van der Waals surface area contributed by atoms with Gasteiger partial charge in [-0.1, -0.05) is 24.3 Å². The minimum Gasteiger partial charge on any atom is -0.380 e. The highest BCUT2D eigenvalue weighted by molar-refractivity contribution is 6.01. The van der Waals surface area contributed by atoms with E-state index >= 15 is 0 Å². The molecule has 1 aromatic heterocycles. The third-order valence-corrected chi connectivity index (χ3v) is 3.72. The molecular formula is C17H17N5O2. The van der Waals surface area contributed by atoms with E-state index in [1.165, 1.54) is 4.90 Å². The molecule has 7 nitrogen and oxygen atoms in total. The normalized spacial score (nSPS) is 14.2. The van der Waals surface area contributed by atoms with Gasteiger partial charge in [0.15, 0.2) is 5.84 Å². The Bertz CT molecular complexity index is 789. The average Bonchev–Trinajstić information content (AvgIpc) is 2.63. The van der Waals surface area contributed by atoms with E-state index in [2.05, 4.69) is 15.5 Å². The summed E-state index contributed by atoms with van der Waals surface area (Å²) in [5.41, 5.74) is 10.4. The summed E-state index contributed by atoms with van der Waals surface area (Å²) in [5, 5.41) is 3.84. The van der Waals surface area contributed by atoms with Gasteiger partial charge in [-0.3, -0.25) is 14.6 Å². The number of hydrazone groups is 1. The van der Waals surface area contributed by atoms with E-state index < -0.39 is 5.91 Å². The molecule has 0 bridgehead atoms. The third-order valence-electron chi connectivity index (χ3n) is 3.72. The van der Waals surface area contributed by atoms with Gasteiger partial charge in [0.05, 0.1) is 0 Å². The van der Waals surface area contributed by atoms with Crippen LogP contribution in [0.15, 0.2) is 53.8 Å². The zero-order valence-corrected chi connectivity index (χ0v) is 13.0. The van der Waals surface area contributed by atoms with Crippen LogP contribution in [0.2, 0.25) is 0 Å². The molecule has 24 heavy (non-hydrogen) atoms. The number of aryl methyl sites for hydroxylation is 1. The van der Waals surface area contributed by atoms with Crippen LogP contribution in [0.4, 0.5) is 5.69 Å². The van der Waals surface area contributed by atoms with Gasteiger partial charge >= 0.3 is 0 Å². The Morgan fingerprint density at radius 1 is 1.21 bits per heavy atom. The Balaban J connectivity index is 1.68. The van der Waals surface area contributed by atoms with Crippen LogP contribution < -0.4 is 16.1 Å². The number of pyridine rings is 1. The van der Waals surface area contributed by atoms with Gasteiger partial charge in [0.25, 0.3) is 5.91 Å². The monoisotopic (exact) mass is 323 g/mol. The Morgan fingerprint density at radius 3 is 2.79 bits per heavy atom. The lowest BCUT2D eigenvalue weighted by Crippen LogP contribution is -2.42. The number of nitrogens with two attached hydrogens (primary N) is 1. The van der Waals surface area contributed by atoms with Gasteiger partial charge in [0.1, 0.15) is 12.2 Å². The van der Waals surface area contributed by atoms with E-state index in [1.54, 1.807) is 24.4 Å². The van der Waals surface area contributed by atoms with Crippen molar-refractivity contribution in [1.29, 1.82) is 0 Å². The lowest BCUT2D eigenvalue weighted by Gasteiger charge is -2.28. The second-order valence-electron chi connectivity index (χ2n) is 5.36. The van der Waals surface area contributed by atoms with Crippen molar-refractivity contribution >= 4 is 23.3 Å². The number of nitrogens with one attached hydrogen (secondary N) is 1. The number of anilines is 1. The molecule has 7 heteroatoms. The molecule has 0 fully saturated rings. The van der Waals surface area contributed by atoms with E-state index in [4.69, 9.17) is 5.73 Å². The van der Waals surface area contributed by atoms with E-state index in [0.29, 0.717) is 18.5 Å². The van der Waals surface area contributed by atoms with Crippen LogP contribution in [-0.4, -0.2) is 29.2 Å². The predicted molar refractivity (Wildman–Crippen MR) is 90.2 cm³/mol. The number of hydrogen-bond donors (Lipinski definition) is 2. The zero-order valence-electron chi connectivity index (χ0n) is 13.0. The van der Waals surface area contributed by atoms with Gasteiger partial charge in [0.2, 0.25) is 5.91 Å². The zero-order chi connectivity index (χ0) is 16.9. The van der Waals surface area contributed by atoms with Crippen LogP contribution in [0.25, 0.3) is 0 Å². The maximum Gasteiger partial charge on any atom is 0.260 e. The molecule has 3 N–H and O–H groups in total. The first-order valence-corrected chi connectivity index (χ1v) is 7.57. The average molecular weight is 323 g/mol. The number of benzene rings is 1. The number of rotatable bonds is 4. The topological polar surface area (TPSA) is 101 Å². The van der Waals surface area contributed by atoms with Crippen LogP contribution in [0.1, 0.15) is 17.7 Å². The number of carbonyl (C=O) groups is 2. The number of amidine groups is 1. The van der Waals surface area contributed by atoms with Crippen molar-refractivity contribution in [3.63, 3.8) is 0 Å². The lowest BCUT2D eigenvalue weighted by molar-refractivity contribution is -0.124. The first-order chi connectivity index (χ1) is 11.6. The van der Waals surface area contributed by atoms with Crippen LogP contribution in [0.5, 0.6) is 0 Å². The van der Waals surface area contributed by atoms with Gasteiger partial charge in [-0.05, 0) is 30.2 Å². The number of aromatic nitrogens is 1. The minimum atomic E-state index is -0.418. The lowest BCUT2D eigenvalue weighted by atomic mass is 10.0. The summed E-state index contributed by atoms with van der Waals surface area (Å²) in [6, 6.07) is 12.8. The molecule has 1 aliphatic heterocycles. The van der Waals surface area contributed by atoms with E-state index in [-0.39, 0.29) is 18.3 Å². The molecule has 1 aromatic carbocycles. The molecule has 0 saturated heterocycles. The minimum absolute atomic E-state index is 0.0782. The van der Waals surface area contributed by atoms with Crippen LogP contribution in [-0.2, 0) is 16.0 Å². The molecule has 0 spiro atoms. The highest BCUT2D eigenvalue weighted by atomic mass is 16.2. The van der Waals surface area contributed by atoms with E-state index in [0.717, 1.165) is 11.3 Å². The van der Waals surface area contributed by atoms with E-state index in [9.17, 15) is 9.59 Å². The van der Waals surface area contributed by atoms with Gasteiger partial charge < -0.3 is 10.6 Å². The number of amides is 2. The SMILES string of the molecule is N/C(=N\NC(=O)CN1C(=O)CCc2ccccc21)c1ccccn1. The molecule has 0 aliphatic carbocycles. The van der Waals surface area contributed by atoms with Crippen molar-refractivity contribution in [2.24, 2.45) is 10.8 Å². The molecule has 122 valence electrons. The second-order valence-corrected chi connectivity index (χ2v) is 5.36. The highest BCUT2D eigenvalue weighted by Gasteiger charge is 2.25. The molecular weight excluding hydrogens is 306 g/mol. The Hall–Kier alpha value is -3.22. The maximum absolute atomic E-state index is 12.1. The van der Waals surface area contributed by atoms with Crippen molar-refractivity contribution in [2.45, 2.75) is 12.8 Å². The largest absolute Gasteiger partial charge is 0.380 e. The summed E-state index contributed by atoms with van der Waals surface area (Å²) < 4.78 is 0. The fourth-order valence-corrected chi connectivity index (χ4v) is 2.54. The van der Waals surface area contributed by atoms with Crippen molar-refractivity contribution in [3.05, 3.63) is 59.9 Å². The highest BCUT2D eigenvalue weighted by Crippen LogP contribution is 2.26. The quantitative estimate of drug-likeness (QED) is 0.493. The summed E-state index contributed by atoms with van der Waals surface area (Å²) >= 11 is 0. The van der Waals surface area contributed by atoms with Gasteiger partial charge in [-0.15, -0.1) is 0 Å². The summed E-state index contributed by atoms with van der Waals surface area (Å²) in [6.07, 6.45) is 2.67. The van der Waals surface area contributed by atoms with Crippen LogP contribution in [0.3, 0.4) is 0 Å². The van der Waals surface area contributed by atoms with Crippen LogP contribution >= 0.6 is 0 Å². The maximum atomic E-state index is 12.1. The third kappa shape index (κ3) is 3.40.